The molecule has 19 heavy (non-hydrogen) atoms. The van der Waals surface area contributed by atoms with Gasteiger partial charge in [-0.2, -0.15) is 0 Å². The van der Waals surface area contributed by atoms with Crippen LogP contribution in [0.15, 0.2) is 36.4 Å². The summed E-state index contributed by atoms with van der Waals surface area (Å²) in [5, 5.41) is 12.1. The van der Waals surface area contributed by atoms with Gasteiger partial charge in [0.25, 0.3) is 5.69 Å². The highest BCUT2D eigenvalue weighted by Gasteiger charge is 2.14. The highest BCUT2D eigenvalue weighted by Crippen LogP contribution is 2.32. The number of nitrogens with zero attached hydrogens (tertiary/aromatic N) is 1. The molecule has 0 N–H and O–H groups in total. The van der Waals surface area contributed by atoms with Gasteiger partial charge in [-0.25, -0.2) is 0 Å². The zero-order chi connectivity index (χ0) is 13.8. The van der Waals surface area contributed by atoms with E-state index in [9.17, 15) is 14.9 Å². The molecule has 0 fully saturated rings. The molecule has 0 radical (unpaired) electrons. The Kier molecular flexibility index (Phi) is 3.75. The van der Waals surface area contributed by atoms with Gasteiger partial charge >= 0.3 is 0 Å². The number of ether oxygens (including phenoxy) is 1. The maximum absolute atomic E-state index is 11.3. The first kappa shape index (κ1) is 13.0. The molecule has 2 aromatic rings. The summed E-state index contributed by atoms with van der Waals surface area (Å²) in [7, 11) is 0. The Labute approximate surface area is 110 Å². The fourth-order valence-electron chi connectivity index (χ4n) is 1.80. The average Bonchev–Trinajstić information content (AvgIpc) is 2.43. The second-order valence-corrected chi connectivity index (χ2v) is 4.07. The molecule has 0 saturated carbocycles. The number of nitro groups is 1. The van der Waals surface area contributed by atoms with Crippen LogP contribution in [0.5, 0.6) is 5.75 Å². The third kappa shape index (κ3) is 2.70. The van der Waals surface area contributed by atoms with E-state index in [1.165, 1.54) is 12.1 Å². The fraction of sp³-hybridized carbons (Fsp3) is 0.214. The van der Waals surface area contributed by atoms with E-state index in [0.29, 0.717) is 22.9 Å². The van der Waals surface area contributed by atoms with Crippen LogP contribution in [0, 0.1) is 10.1 Å². The number of fused-ring (bicyclic) bond motifs is 1. The molecule has 0 saturated heterocycles. The summed E-state index contributed by atoms with van der Waals surface area (Å²) in [6.45, 7) is 1.75. The van der Waals surface area contributed by atoms with Crippen LogP contribution in [0.25, 0.3) is 10.8 Å². The van der Waals surface area contributed by atoms with Crippen molar-refractivity contribution >= 4 is 22.2 Å². The molecule has 0 spiro atoms. The molecule has 0 aromatic heterocycles. The number of ketones is 1. The number of hydrogen-bond acceptors (Lipinski definition) is 4. The number of benzene rings is 2. The lowest BCUT2D eigenvalue weighted by atomic mass is 10.1. The molecule has 0 aliphatic heterocycles. The monoisotopic (exact) mass is 259 g/mol. The summed E-state index contributed by atoms with van der Waals surface area (Å²) in [4.78, 5) is 21.8. The van der Waals surface area contributed by atoms with E-state index in [-0.39, 0.29) is 18.1 Å². The van der Waals surface area contributed by atoms with E-state index in [0.717, 1.165) is 0 Å². The standard InChI is InChI=1S/C14H13NO4/c1-2-10(16)9-19-14-8-7-13(15(17)18)11-5-3-4-6-12(11)14/h3-8H,2,9H2,1H3. The molecular formula is C14H13NO4. The van der Waals surface area contributed by atoms with Crippen molar-refractivity contribution in [1.29, 1.82) is 0 Å². The minimum absolute atomic E-state index is 0.0116. The van der Waals surface area contributed by atoms with E-state index >= 15 is 0 Å². The second kappa shape index (κ2) is 5.48. The molecule has 5 heteroatoms. The quantitative estimate of drug-likeness (QED) is 0.611. The Bertz CT molecular complexity index is 636. The van der Waals surface area contributed by atoms with Crippen LogP contribution in [0.2, 0.25) is 0 Å². The molecule has 0 atom stereocenters. The predicted octanol–water partition coefficient (Wildman–Crippen LogP) is 3.11. The Balaban J connectivity index is 2.44. The fourth-order valence-corrected chi connectivity index (χ4v) is 1.80. The summed E-state index contributed by atoms with van der Waals surface area (Å²) in [6.07, 6.45) is 0.408. The van der Waals surface area contributed by atoms with Gasteiger partial charge in [0.1, 0.15) is 12.4 Å². The Morgan fingerprint density at radius 3 is 2.53 bits per heavy atom. The molecule has 2 aromatic carbocycles. The van der Waals surface area contributed by atoms with Crippen molar-refractivity contribution in [2.45, 2.75) is 13.3 Å². The number of carbonyl (C=O) groups is 1. The lowest BCUT2D eigenvalue weighted by Crippen LogP contribution is -2.09. The van der Waals surface area contributed by atoms with Crippen molar-refractivity contribution in [3.63, 3.8) is 0 Å². The highest BCUT2D eigenvalue weighted by molar-refractivity contribution is 5.95. The molecule has 0 heterocycles. The third-order valence-electron chi connectivity index (χ3n) is 2.84. The van der Waals surface area contributed by atoms with Gasteiger partial charge < -0.3 is 4.74 Å². The summed E-state index contributed by atoms with van der Waals surface area (Å²) in [5.74, 6) is 0.477. The lowest BCUT2D eigenvalue weighted by molar-refractivity contribution is -0.383. The van der Waals surface area contributed by atoms with E-state index < -0.39 is 4.92 Å². The Morgan fingerprint density at radius 2 is 1.89 bits per heavy atom. The van der Waals surface area contributed by atoms with Crippen LogP contribution < -0.4 is 4.74 Å². The van der Waals surface area contributed by atoms with Crippen LogP contribution in [0.1, 0.15) is 13.3 Å². The van der Waals surface area contributed by atoms with Gasteiger partial charge in [0.15, 0.2) is 5.78 Å². The lowest BCUT2D eigenvalue weighted by Gasteiger charge is -2.08. The molecule has 5 nitrogen and oxygen atoms in total. The summed E-state index contributed by atoms with van der Waals surface area (Å²) < 4.78 is 5.43. The summed E-state index contributed by atoms with van der Waals surface area (Å²) in [5.41, 5.74) is 0.0322. The van der Waals surface area contributed by atoms with Crippen molar-refractivity contribution in [2.75, 3.05) is 6.61 Å². The smallest absolute Gasteiger partial charge is 0.277 e. The van der Waals surface area contributed by atoms with Crippen LogP contribution >= 0.6 is 0 Å². The Hall–Kier alpha value is -2.43. The number of non-ortho nitro benzene ring substituents is 1. The average molecular weight is 259 g/mol. The molecule has 98 valence electrons. The van der Waals surface area contributed by atoms with Gasteiger partial charge in [0.2, 0.25) is 0 Å². The van der Waals surface area contributed by atoms with Crippen LogP contribution in [0.4, 0.5) is 5.69 Å². The highest BCUT2D eigenvalue weighted by atomic mass is 16.6. The third-order valence-corrected chi connectivity index (χ3v) is 2.84. The summed E-state index contributed by atoms with van der Waals surface area (Å²) in [6, 6.07) is 9.85. The maximum Gasteiger partial charge on any atom is 0.277 e. The largest absolute Gasteiger partial charge is 0.485 e. The van der Waals surface area contributed by atoms with E-state index in [1.54, 1.807) is 31.2 Å². The van der Waals surface area contributed by atoms with Crippen molar-refractivity contribution in [3.8, 4) is 5.75 Å². The first-order valence-electron chi connectivity index (χ1n) is 5.94. The number of rotatable bonds is 5. The van der Waals surface area contributed by atoms with Gasteiger partial charge in [-0.1, -0.05) is 25.1 Å². The molecule has 2 rings (SSSR count). The van der Waals surface area contributed by atoms with Crippen molar-refractivity contribution < 1.29 is 14.5 Å². The molecule has 0 amide bonds. The minimum Gasteiger partial charge on any atom is -0.485 e. The molecule has 0 bridgehead atoms. The normalized spacial score (nSPS) is 10.4. The number of nitro benzene ring substituents is 1. The van der Waals surface area contributed by atoms with Crippen LogP contribution in [0.3, 0.4) is 0 Å². The van der Waals surface area contributed by atoms with Crippen LogP contribution in [-0.2, 0) is 4.79 Å². The molecule has 0 unspecified atom stereocenters. The van der Waals surface area contributed by atoms with Gasteiger partial charge in [0, 0.05) is 17.9 Å². The topological polar surface area (TPSA) is 69.4 Å². The minimum atomic E-state index is -0.427. The molecule has 0 aliphatic carbocycles. The summed E-state index contributed by atoms with van der Waals surface area (Å²) >= 11 is 0. The molecule has 0 aliphatic rings. The van der Waals surface area contributed by atoms with Gasteiger partial charge in [-0.3, -0.25) is 14.9 Å². The van der Waals surface area contributed by atoms with Crippen molar-refractivity contribution in [1.82, 2.24) is 0 Å². The maximum atomic E-state index is 11.3. The van der Waals surface area contributed by atoms with Gasteiger partial charge in [-0.05, 0) is 12.1 Å². The van der Waals surface area contributed by atoms with Gasteiger partial charge in [0.05, 0.1) is 10.3 Å². The van der Waals surface area contributed by atoms with Gasteiger partial charge in [-0.15, -0.1) is 0 Å². The van der Waals surface area contributed by atoms with Crippen molar-refractivity contribution in [3.05, 3.63) is 46.5 Å². The molecular weight excluding hydrogens is 246 g/mol. The van der Waals surface area contributed by atoms with E-state index in [2.05, 4.69) is 0 Å². The number of Topliss-reactive ketones (excluding diaryl/α,β-unsaturated/α-hetero) is 1. The zero-order valence-corrected chi connectivity index (χ0v) is 10.5. The van der Waals surface area contributed by atoms with Crippen molar-refractivity contribution in [2.24, 2.45) is 0 Å². The SMILES string of the molecule is CCC(=O)COc1ccc([N+](=O)[O-])c2ccccc12. The van der Waals surface area contributed by atoms with E-state index in [4.69, 9.17) is 4.74 Å². The first-order chi connectivity index (χ1) is 9.13. The predicted molar refractivity (Wildman–Crippen MR) is 71.4 cm³/mol. The van der Waals surface area contributed by atoms with Crippen LogP contribution in [-0.4, -0.2) is 17.3 Å². The Morgan fingerprint density at radius 1 is 1.21 bits per heavy atom. The first-order valence-corrected chi connectivity index (χ1v) is 5.94. The van der Waals surface area contributed by atoms with E-state index in [1.807, 2.05) is 0 Å². The zero-order valence-electron chi connectivity index (χ0n) is 10.5. The number of carbonyl (C=O) groups excluding carboxylic acids is 1. The second-order valence-electron chi connectivity index (χ2n) is 4.07. The number of hydrogen-bond donors (Lipinski definition) is 0.